The second-order valence-electron chi connectivity index (χ2n) is 4.37. The van der Waals surface area contributed by atoms with Crippen LogP contribution in [0.25, 0.3) is 0 Å². The van der Waals surface area contributed by atoms with E-state index in [4.69, 9.17) is 10.5 Å². The molecule has 2 aromatic carbocycles. The van der Waals surface area contributed by atoms with Crippen molar-refractivity contribution in [1.82, 2.24) is 0 Å². The van der Waals surface area contributed by atoms with Gasteiger partial charge in [-0.2, -0.15) is 20.8 Å². The molecule has 106 valence electrons. The van der Waals surface area contributed by atoms with Gasteiger partial charge in [-0.05, 0) is 42.5 Å². The van der Waals surface area contributed by atoms with E-state index in [1.807, 2.05) is 36.4 Å². The highest BCUT2D eigenvalue weighted by Crippen LogP contribution is 2.22. The topological polar surface area (TPSA) is 84.3 Å². The van der Waals surface area contributed by atoms with Crippen LogP contribution >= 0.6 is 0 Å². The molecule has 0 spiro atoms. The Balaban J connectivity index is 2.13. The van der Waals surface area contributed by atoms with Crippen LogP contribution in [0.5, 0.6) is 0 Å². The lowest BCUT2D eigenvalue weighted by atomic mass is 10.1. The van der Waals surface area contributed by atoms with Gasteiger partial charge < -0.3 is 5.32 Å². The first-order valence-electron chi connectivity index (χ1n) is 6.57. The first-order valence-corrected chi connectivity index (χ1v) is 6.57. The van der Waals surface area contributed by atoms with Gasteiger partial charge in [0.05, 0.1) is 22.5 Å². The Morgan fingerprint density at radius 1 is 0.955 bits per heavy atom. The summed E-state index contributed by atoms with van der Waals surface area (Å²) in [5, 5.41) is 29.2. The van der Waals surface area contributed by atoms with Crippen LogP contribution in [0.1, 0.15) is 11.1 Å². The summed E-state index contributed by atoms with van der Waals surface area (Å²) in [5.74, 6) is 0. The minimum atomic E-state index is 0.294. The Kier molecular flexibility index (Phi) is 5.01. The minimum absolute atomic E-state index is 0.294. The molecule has 5 heteroatoms. The van der Waals surface area contributed by atoms with Crippen molar-refractivity contribution < 1.29 is 0 Å². The van der Waals surface area contributed by atoms with E-state index in [2.05, 4.69) is 22.1 Å². The van der Waals surface area contributed by atoms with Crippen molar-refractivity contribution >= 4 is 17.1 Å². The molecule has 5 nitrogen and oxygen atoms in total. The van der Waals surface area contributed by atoms with Gasteiger partial charge in [0.2, 0.25) is 0 Å². The van der Waals surface area contributed by atoms with Crippen LogP contribution in [0.4, 0.5) is 17.1 Å². The number of nitrogens with one attached hydrogen (secondary N) is 1. The molecular formula is C17H13N5. The third-order valence-corrected chi connectivity index (χ3v) is 2.84. The Morgan fingerprint density at radius 2 is 1.59 bits per heavy atom. The number of nitrogens with zero attached hydrogens (tertiary/aromatic N) is 4. The summed E-state index contributed by atoms with van der Waals surface area (Å²) in [7, 11) is 0. The highest BCUT2D eigenvalue weighted by atomic mass is 15.1. The predicted octanol–water partition coefficient (Wildman–Crippen LogP) is 4.44. The lowest BCUT2D eigenvalue weighted by Gasteiger charge is -2.02. The fourth-order valence-corrected chi connectivity index (χ4v) is 1.74. The summed E-state index contributed by atoms with van der Waals surface area (Å²) in [4.78, 5) is 0. The number of hydrogen-bond donors (Lipinski definition) is 1. The molecule has 22 heavy (non-hydrogen) atoms. The molecule has 0 heterocycles. The first-order chi connectivity index (χ1) is 10.8. The molecule has 0 amide bonds. The van der Waals surface area contributed by atoms with E-state index >= 15 is 0 Å². The number of rotatable bonds is 5. The normalized spacial score (nSPS) is 9.91. The summed E-state index contributed by atoms with van der Waals surface area (Å²) in [5.41, 5.74) is 2.84. The highest BCUT2D eigenvalue weighted by Gasteiger charge is 2.02. The summed E-state index contributed by atoms with van der Waals surface area (Å²) in [6.45, 7) is 4.34. The number of hydrogen-bond acceptors (Lipinski definition) is 5. The van der Waals surface area contributed by atoms with E-state index in [9.17, 15) is 0 Å². The van der Waals surface area contributed by atoms with Gasteiger partial charge in [0.1, 0.15) is 12.1 Å². The van der Waals surface area contributed by atoms with Crippen molar-refractivity contribution in [2.45, 2.75) is 0 Å². The van der Waals surface area contributed by atoms with Gasteiger partial charge >= 0.3 is 0 Å². The number of benzene rings is 2. The number of anilines is 1. The van der Waals surface area contributed by atoms with Gasteiger partial charge in [-0.15, -0.1) is 6.58 Å². The standard InChI is InChI=1S/C17H13N5/c1-2-9-20-15-5-7-16(8-6-15)21-22-17-4-3-13(11-18)14(10-17)12-19/h2-8,10,20H,1,9H2. The van der Waals surface area contributed by atoms with Gasteiger partial charge in [-0.3, -0.25) is 0 Å². The maximum absolute atomic E-state index is 8.97. The molecule has 0 aliphatic carbocycles. The molecular weight excluding hydrogens is 274 g/mol. The molecule has 0 unspecified atom stereocenters. The van der Waals surface area contributed by atoms with Crippen LogP contribution in [0.15, 0.2) is 65.3 Å². The smallest absolute Gasteiger partial charge is 0.101 e. The molecule has 0 fully saturated rings. The van der Waals surface area contributed by atoms with E-state index in [1.165, 1.54) is 0 Å². The van der Waals surface area contributed by atoms with Crippen molar-refractivity contribution in [3.05, 3.63) is 66.2 Å². The maximum atomic E-state index is 8.97. The Labute approximate surface area is 128 Å². The second-order valence-corrected chi connectivity index (χ2v) is 4.37. The lowest BCUT2D eigenvalue weighted by molar-refractivity contribution is 1.22. The zero-order chi connectivity index (χ0) is 15.8. The monoisotopic (exact) mass is 287 g/mol. The van der Waals surface area contributed by atoms with E-state index in [-0.39, 0.29) is 0 Å². The van der Waals surface area contributed by atoms with Crippen LogP contribution in [-0.2, 0) is 0 Å². The van der Waals surface area contributed by atoms with Crippen molar-refractivity contribution in [3.8, 4) is 12.1 Å². The van der Waals surface area contributed by atoms with Crippen LogP contribution < -0.4 is 5.32 Å². The van der Waals surface area contributed by atoms with E-state index < -0.39 is 0 Å². The Morgan fingerprint density at radius 3 is 2.23 bits per heavy atom. The van der Waals surface area contributed by atoms with Crippen LogP contribution in [0.2, 0.25) is 0 Å². The van der Waals surface area contributed by atoms with Crippen molar-refractivity contribution in [2.75, 3.05) is 11.9 Å². The van der Waals surface area contributed by atoms with Gasteiger partial charge in [-0.25, -0.2) is 0 Å². The molecule has 0 radical (unpaired) electrons. The van der Waals surface area contributed by atoms with Gasteiger partial charge in [-0.1, -0.05) is 6.08 Å². The number of nitriles is 2. The average molecular weight is 287 g/mol. The average Bonchev–Trinajstić information content (AvgIpc) is 2.58. The van der Waals surface area contributed by atoms with Crippen LogP contribution in [0, 0.1) is 22.7 Å². The molecule has 0 bridgehead atoms. The number of azo groups is 1. The molecule has 0 aliphatic heterocycles. The molecule has 1 N–H and O–H groups in total. The minimum Gasteiger partial charge on any atom is -0.382 e. The molecule has 0 aliphatic rings. The molecule has 2 aromatic rings. The summed E-state index contributed by atoms with van der Waals surface area (Å²) >= 11 is 0. The zero-order valence-electron chi connectivity index (χ0n) is 11.8. The molecule has 0 saturated heterocycles. The Bertz CT molecular complexity index is 776. The molecule has 2 rings (SSSR count). The maximum Gasteiger partial charge on any atom is 0.101 e. The van der Waals surface area contributed by atoms with Crippen molar-refractivity contribution in [2.24, 2.45) is 10.2 Å². The molecule has 0 saturated carbocycles. The highest BCUT2D eigenvalue weighted by molar-refractivity contribution is 5.54. The molecule has 0 atom stereocenters. The summed E-state index contributed by atoms with van der Waals surface area (Å²) in [6, 6.07) is 16.2. The summed E-state index contributed by atoms with van der Waals surface area (Å²) in [6.07, 6.45) is 1.78. The van der Waals surface area contributed by atoms with E-state index in [0.29, 0.717) is 29.0 Å². The zero-order valence-corrected chi connectivity index (χ0v) is 11.8. The van der Waals surface area contributed by atoms with Crippen LogP contribution in [-0.4, -0.2) is 6.54 Å². The third-order valence-electron chi connectivity index (χ3n) is 2.84. The fourth-order valence-electron chi connectivity index (χ4n) is 1.74. The van der Waals surface area contributed by atoms with Gasteiger partial charge in [0.15, 0.2) is 0 Å². The SMILES string of the molecule is C=CCNc1ccc(N=Nc2ccc(C#N)c(C#N)c2)cc1. The van der Waals surface area contributed by atoms with E-state index in [0.717, 1.165) is 5.69 Å². The van der Waals surface area contributed by atoms with Gasteiger partial charge in [0, 0.05) is 12.2 Å². The second kappa shape index (κ2) is 7.37. The first kappa shape index (κ1) is 15.0. The predicted molar refractivity (Wildman–Crippen MR) is 85.2 cm³/mol. The third kappa shape index (κ3) is 3.78. The quantitative estimate of drug-likeness (QED) is 0.651. The van der Waals surface area contributed by atoms with Crippen LogP contribution in [0.3, 0.4) is 0 Å². The van der Waals surface area contributed by atoms with E-state index in [1.54, 1.807) is 24.3 Å². The summed E-state index contributed by atoms with van der Waals surface area (Å²) < 4.78 is 0. The molecule has 0 aromatic heterocycles. The largest absolute Gasteiger partial charge is 0.382 e. The van der Waals surface area contributed by atoms with Crippen molar-refractivity contribution in [3.63, 3.8) is 0 Å². The van der Waals surface area contributed by atoms with Crippen molar-refractivity contribution in [1.29, 1.82) is 10.5 Å². The van der Waals surface area contributed by atoms with Gasteiger partial charge in [0.25, 0.3) is 0 Å². The lowest BCUT2D eigenvalue weighted by Crippen LogP contribution is -1.96. The fraction of sp³-hybridized carbons (Fsp3) is 0.0588. The Hall–Kier alpha value is -3.44.